The molecule has 50 heavy (non-hydrogen) atoms. The van der Waals surface area contributed by atoms with E-state index < -0.39 is 44.7 Å². The van der Waals surface area contributed by atoms with Gasteiger partial charge in [-0.1, -0.05) is 114 Å². The quantitative estimate of drug-likeness (QED) is 0.0218. The number of carbonyl (C=O) groups excluding carboxylic acids is 2. The fourth-order valence-corrected chi connectivity index (χ4v) is 5.35. The molecule has 0 amide bonds. The van der Waals surface area contributed by atoms with Crippen molar-refractivity contribution >= 4 is 19.8 Å². The van der Waals surface area contributed by atoms with Crippen molar-refractivity contribution in [2.24, 2.45) is 0 Å². The van der Waals surface area contributed by atoms with Crippen molar-refractivity contribution in [3.8, 4) is 0 Å². The van der Waals surface area contributed by atoms with E-state index in [1.807, 2.05) is 6.08 Å². The number of ether oxygens (including phenoxy) is 2. The van der Waals surface area contributed by atoms with E-state index in [1.54, 1.807) is 0 Å². The number of phosphoric ester groups is 1. The summed E-state index contributed by atoms with van der Waals surface area (Å²) in [6.07, 6.45) is 32.9. The van der Waals surface area contributed by atoms with Crippen molar-refractivity contribution in [3.05, 3.63) is 48.6 Å². The van der Waals surface area contributed by atoms with Crippen molar-refractivity contribution in [2.45, 2.75) is 173 Å². The third kappa shape index (κ3) is 34.4. The zero-order chi connectivity index (χ0) is 37.1. The molecule has 0 saturated carbocycles. The van der Waals surface area contributed by atoms with Crippen molar-refractivity contribution < 1.29 is 48.2 Å². The summed E-state index contributed by atoms with van der Waals surface area (Å²) in [7, 11) is -4.80. The van der Waals surface area contributed by atoms with Crippen LogP contribution in [0.2, 0.25) is 0 Å². The number of aliphatic hydroxyl groups is 2. The van der Waals surface area contributed by atoms with E-state index in [0.717, 1.165) is 70.6 Å². The fraction of sp³-hybridized carbons (Fsp3) is 0.744. The Morgan fingerprint density at radius 1 is 0.600 bits per heavy atom. The number of phosphoric acid groups is 1. The normalized spacial score (nSPS) is 14.3. The second-order valence-electron chi connectivity index (χ2n) is 12.9. The first kappa shape index (κ1) is 47.9. The Bertz CT molecular complexity index is 987. The number of carbonyl (C=O) groups is 2. The first-order valence-electron chi connectivity index (χ1n) is 19.1. The van der Waals surface area contributed by atoms with E-state index in [4.69, 9.17) is 19.3 Å². The highest BCUT2D eigenvalue weighted by molar-refractivity contribution is 7.46. The average molecular weight is 729 g/mol. The van der Waals surface area contributed by atoms with Gasteiger partial charge in [-0.2, -0.15) is 0 Å². The molecule has 0 aliphatic heterocycles. The van der Waals surface area contributed by atoms with Crippen LogP contribution in [0.15, 0.2) is 48.6 Å². The molecule has 11 heteroatoms. The molecule has 0 fully saturated rings. The summed E-state index contributed by atoms with van der Waals surface area (Å²) < 4.78 is 26.2. The Morgan fingerprint density at radius 2 is 1.10 bits per heavy atom. The predicted octanol–water partition coefficient (Wildman–Crippen LogP) is 9.12. The van der Waals surface area contributed by atoms with Crippen LogP contribution in [0, 0.1) is 0 Å². The highest BCUT2D eigenvalue weighted by Crippen LogP contribution is 2.36. The Labute approximate surface area is 302 Å². The molecule has 0 radical (unpaired) electrons. The molecule has 290 valence electrons. The highest BCUT2D eigenvalue weighted by Gasteiger charge is 2.23. The lowest BCUT2D eigenvalue weighted by molar-refractivity contribution is -0.161. The molecule has 0 aliphatic rings. The predicted molar refractivity (Wildman–Crippen MR) is 200 cm³/mol. The largest absolute Gasteiger partial charge is 0.469 e. The number of aliphatic hydroxyl groups excluding tert-OH is 2. The topological polar surface area (TPSA) is 160 Å². The van der Waals surface area contributed by atoms with Crippen molar-refractivity contribution in [1.82, 2.24) is 0 Å². The Kier molecular flexibility index (Phi) is 32.6. The standard InChI is InChI=1S/C39H69O10P/c1-3-5-7-9-11-12-13-14-15-16-17-18-19-23-28-32-39(43)49-35(34-48-50(44,45)46)33-47-38(42)31-27-24-20-22-26-30-37(41)36(40)29-25-21-10-8-6-4-2/h11-12,14-15,17-18,21,25,35-37,40-41H,3-10,13,16,19-20,22-24,26-34H2,1-2H3,(H2,44,45,46)/b12-11-,15-14-,18-17-,25-21-/t35-,36-,37-/m1/s1. The van der Waals surface area contributed by atoms with Gasteiger partial charge in [0.2, 0.25) is 0 Å². The van der Waals surface area contributed by atoms with Crippen LogP contribution in [-0.2, 0) is 28.2 Å². The second kappa shape index (κ2) is 34.0. The van der Waals surface area contributed by atoms with Gasteiger partial charge in [0.15, 0.2) is 6.10 Å². The molecule has 0 aromatic heterocycles. The minimum absolute atomic E-state index is 0.130. The SMILES string of the molecule is CCCCC/C=C\C/C=C\C/C=C\CCCCC(=O)O[C@H](COC(=O)CCCCCCC[C@@H](O)[C@H](O)C/C=C\CCCCC)COP(=O)(O)O. The number of unbranched alkanes of at least 4 members (excludes halogenated alkanes) is 12. The maximum Gasteiger partial charge on any atom is 0.469 e. The van der Waals surface area contributed by atoms with E-state index in [-0.39, 0.29) is 19.4 Å². The zero-order valence-electron chi connectivity index (χ0n) is 31.0. The van der Waals surface area contributed by atoms with Gasteiger partial charge in [0, 0.05) is 12.8 Å². The van der Waals surface area contributed by atoms with Crippen molar-refractivity contribution in [3.63, 3.8) is 0 Å². The first-order chi connectivity index (χ1) is 24.1. The molecule has 0 aromatic carbocycles. The molecular formula is C39H69O10P. The number of rotatable bonds is 34. The summed E-state index contributed by atoms with van der Waals surface area (Å²) in [5, 5.41) is 20.3. The molecule has 0 aromatic rings. The Balaban J connectivity index is 4.17. The van der Waals surface area contributed by atoms with Gasteiger partial charge in [-0.25, -0.2) is 4.57 Å². The molecule has 0 saturated heterocycles. The molecular weight excluding hydrogens is 659 g/mol. The van der Waals surface area contributed by atoms with Crippen LogP contribution in [0.1, 0.15) is 155 Å². The third-order valence-corrected chi connectivity index (χ3v) is 8.51. The van der Waals surface area contributed by atoms with Gasteiger partial charge in [-0.3, -0.25) is 14.1 Å². The molecule has 0 spiro atoms. The zero-order valence-corrected chi connectivity index (χ0v) is 31.9. The van der Waals surface area contributed by atoms with E-state index in [9.17, 15) is 24.4 Å². The summed E-state index contributed by atoms with van der Waals surface area (Å²) in [6, 6.07) is 0. The van der Waals surface area contributed by atoms with Crippen LogP contribution < -0.4 is 0 Å². The molecule has 0 heterocycles. The lowest BCUT2D eigenvalue weighted by Crippen LogP contribution is -2.29. The van der Waals surface area contributed by atoms with Crippen molar-refractivity contribution in [1.29, 1.82) is 0 Å². The average Bonchev–Trinajstić information content (AvgIpc) is 3.08. The van der Waals surface area contributed by atoms with Gasteiger partial charge in [-0.05, 0) is 77.0 Å². The monoisotopic (exact) mass is 728 g/mol. The number of hydrogen-bond donors (Lipinski definition) is 4. The Hall–Kier alpha value is -2.07. The maximum absolute atomic E-state index is 12.3. The highest BCUT2D eigenvalue weighted by atomic mass is 31.2. The van der Waals surface area contributed by atoms with E-state index in [1.165, 1.54) is 32.1 Å². The van der Waals surface area contributed by atoms with Gasteiger partial charge in [-0.15, -0.1) is 0 Å². The van der Waals surface area contributed by atoms with Crippen LogP contribution in [0.3, 0.4) is 0 Å². The summed E-state index contributed by atoms with van der Waals surface area (Å²) in [5.41, 5.74) is 0. The van der Waals surface area contributed by atoms with Gasteiger partial charge < -0.3 is 29.5 Å². The first-order valence-corrected chi connectivity index (χ1v) is 20.6. The van der Waals surface area contributed by atoms with Gasteiger partial charge in [0.25, 0.3) is 0 Å². The lowest BCUT2D eigenvalue weighted by atomic mass is 10.0. The van der Waals surface area contributed by atoms with Crippen LogP contribution in [0.25, 0.3) is 0 Å². The van der Waals surface area contributed by atoms with E-state index in [2.05, 4.69) is 60.9 Å². The van der Waals surface area contributed by atoms with Crippen LogP contribution >= 0.6 is 7.82 Å². The molecule has 3 atom stereocenters. The minimum Gasteiger partial charge on any atom is -0.462 e. The van der Waals surface area contributed by atoms with Gasteiger partial charge in [0.05, 0.1) is 18.8 Å². The molecule has 0 aliphatic carbocycles. The van der Waals surface area contributed by atoms with Crippen LogP contribution in [0.5, 0.6) is 0 Å². The summed E-state index contributed by atoms with van der Waals surface area (Å²) in [6.45, 7) is 3.41. The van der Waals surface area contributed by atoms with Crippen LogP contribution in [0.4, 0.5) is 0 Å². The van der Waals surface area contributed by atoms with Crippen LogP contribution in [-0.4, -0.2) is 63.5 Å². The number of hydrogen-bond acceptors (Lipinski definition) is 8. The van der Waals surface area contributed by atoms with E-state index in [0.29, 0.717) is 25.7 Å². The molecule has 0 bridgehead atoms. The molecule has 0 rings (SSSR count). The Morgan fingerprint density at radius 3 is 1.70 bits per heavy atom. The van der Waals surface area contributed by atoms with Gasteiger partial charge >= 0.3 is 19.8 Å². The second-order valence-corrected chi connectivity index (χ2v) is 14.1. The van der Waals surface area contributed by atoms with E-state index >= 15 is 0 Å². The lowest BCUT2D eigenvalue weighted by Gasteiger charge is -2.18. The number of esters is 2. The number of allylic oxidation sites excluding steroid dienone is 7. The summed E-state index contributed by atoms with van der Waals surface area (Å²) >= 11 is 0. The summed E-state index contributed by atoms with van der Waals surface area (Å²) in [4.78, 5) is 42.7. The third-order valence-electron chi connectivity index (χ3n) is 8.02. The smallest absolute Gasteiger partial charge is 0.462 e. The molecule has 0 unspecified atom stereocenters. The minimum atomic E-state index is -4.80. The molecule has 4 N–H and O–H groups in total. The molecule has 10 nitrogen and oxygen atoms in total. The fourth-order valence-electron chi connectivity index (χ4n) is 4.99. The van der Waals surface area contributed by atoms with Crippen molar-refractivity contribution in [2.75, 3.05) is 13.2 Å². The maximum atomic E-state index is 12.3. The van der Waals surface area contributed by atoms with Gasteiger partial charge in [0.1, 0.15) is 6.61 Å². The summed E-state index contributed by atoms with van der Waals surface area (Å²) in [5.74, 6) is -1.05.